The highest BCUT2D eigenvalue weighted by Crippen LogP contribution is 2.25. The van der Waals surface area contributed by atoms with E-state index in [0.29, 0.717) is 12.1 Å². The third kappa shape index (κ3) is 2.38. The molecule has 1 fully saturated rings. The van der Waals surface area contributed by atoms with Crippen LogP contribution in [0.15, 0.2) is 5.38 Å². The minimum Gasteiger partial charge on any atom is -0.316 e. The molecule has 2 heterocycles. The lowest BCUT2D eigenvalue weighted by atomic mass is 10.2. The molecule has 0 aliphatic carbocycles. The first-order valence-electron chi connectivity index (χ1n) is 5.54. The molecule has 1 aliphatic rings. The van der Waals surface area contributed by atoms with Crippen LogP contribution in [-0.2, 0) is 0 Å². The van der Waals surface area contributed by atoms with Crippen molar-refractivity contribution in [2.24, 2.45) is 0 Å². The van der Waals surface area contributed by atoms with Gasteiger partial charge in [0.1, 0.15) is 0 Å². The van der Waals surface area contributed by atoms with Gasteiger partial charge in [-0.15, -0.1) is 11.3 Å². The van der Waals surface area contributed by atoms with Crippen molar-refractivity contribution in [3.8, 4) is 0 Å². The molecule has 2 atom stereocenters. The van der Waals surface area contributed by atoms with Gasteiger partial charge in [0, 0.05) is 24.5 Å². The number of nitrogens with zero attached hydrogens (tertiary/aromatic N) is 2. The maximum Gasteiger partial charge on any atom is 0.0898 e. The number of likely N-dealkylation sites (tertiary alicyclic amines) is 1. The number of hydrogen-bond acceptors (Lipinski definition) is 4. The average Bonchev–Trinajstić information content (AvgIpc) is 2.84. The Morgan fingerprint density at radius 3 is 3.00 bits per heavy atom. The van der Waals surface area contributed by atoms with Gasteiger partial charge in [-0.3, -0.25) is 4.90 Å². The SMILES string of the molecule is CNC1CCN(C(C)c2csc(C)n2)C1. The van der Waals surface area contributed by atoms with Crippen molar-refractivity contribution in [3.05, 3.63) is 16.1 Å². The first kappa shape index (κ1) is 11.0. The van der Waals surface area contributed by atoms with Gasteiger partial charge in [-0.2, -0.15) is 0 Å². The summed E-state index contributed by atoms with van der Waals surface area (Å²) in [4.78, 5) is 7.07. The van der Waals surface area contributed by atoms with Gasteiger partial charge in [-0.05, 0) is 27.3 Å². The summed E-state index contributed by atoms with van der Waals surface area (Å²) >= 11 is 1.74. The zero-order chi connectivity index (χ0) is 10.8. The molecule has 0 amide bonds. The van der Waals surface area contributed by atoms with Crippen LogP contribution in [0.5, 0.6) is 0 Å². The molecule has 0 aromatic carbocycles. The molecular weight excluding hydrogens is 206 g/mol. The normalized spacial score (nSPS) is 24.6. The number of likely N-dealkylation sites (N-methyl/N-ethyl adjacent to an activating group) is 1. The van der Waals surface area contributed by atoms with Gasteiger partial charge in [0.25, 0.3) is 0 Å². The highest BCUT2D eigenvalue weighted by Gasteiger charge is 2.26. The van der Waals surface area contributed by atoms with Gasteiger partial charge in [-0.25, -0.2) is 4.98 Å². The summed E-state index contributed by atoms with van der Waals surface area (Å²) in [5.74, 6) is 0. The van der Waals surface area contributed by atoms with Crippen LogP contribution >= 0.6 is 11.3 Å². The molecule has 1 aromatic heterocycles. The molecule has 15 heavy (non-hydrogen) atoms. The number of thiazole rings is 1. The monoisotopic (exact) mass is 225 g/mol. The fourth-order valence-electron chi connectivity index (χ4n) is 2.13. The zero-order valence-electron chi connectivity index (χ0n) is 9.66. The van der Waals surface area contributed by atoms with E-state index in [1.807, 2.05) is 7.05 Å². The minimum absolute atomic E-state index is 0.466. The van der Waals surface area contributed by atoms with Gasteiger partial charge in [0.2, 0.25) is 0 Å². The number of aromatic nitrogens is 1. The third-order valence-electron chi connectivity index (χ3n) is 3.24. The summed E-state index contributed by atoms with van der Waals surface area (Å²) < 4.78 is 0. The fourth-order valence-corrected chi connectivity index (χ4v) is 2.83. The van der Waals surface area contributed by atoms with Crippen LogP contribution in [0.2, 0.25) is 0 Å². The van der Waals surface area contributed by atoms with Crippen LogP contribution in [0.4, 0.5) is 0 Å². The van der Waals surface area contributed by atoms with Gasteiger partial charge in [0.05, 0.1) is 16.7 Å². The first-order valence-corrected chi connectivity index (χ1v) is 6.42. The summed E-state index contributed by atoms with van der Waals surface area (Å²) in [5, 5.41) is 6.70. The van der Waals surface area contributed by atoms with E-state index in [4.69, 9.17) is 0 Å². The molecule has 2 rings (SSSR count). The molecule has 84 valence electrons. The Balaban J connectivity index is 2.00. The maximum atomic E-state index is 4.56. The number of nitrogens with one attached hydrogen (secondary N) is 1. The Hall–Kier alpha value is -0.450. The Morgan fingerprint density at radius 2 is 2.47 bits per heavy atom. The molecule has 0 saturated carbocycles. The van der Waals surface area contributed by atoms with Crippen molar-refractivity contribution in [1.29, 1.82) is 0 Å². The van der Waals surface area contributed by atoms with Crippen molar-refractivity contribution in [2.75, 3.05) is 20.1 Å². The lowest BCUT2D eigenvalue weighted by Crippen LogP contribution is -2.31. The van der Waals surface area contributed by atoms with Crippen molar-refractivity contribution >= 4 is 11.3 Å². The second-order valence-electron chi connectivity index (χ2n) is 4.24. The Kier molecular flexibility index (Phi) is 3.38. The van der Waals surface area contributed by atoms with E-state index in [-0.39, 0.29) is 0 Å². The molecule has 0 radical (unpaired) electrons. The van der Waals surface area contributed by atoms with E-state index in [9.17, 15) is 0 Å². The van der Waals surface area contributed by atoms with E-state index in [0.717, 1.165) is 6.54 Å². The molecule has 1 saturated heterocycles. The quantitative estimate of drug-likeness (QED) is 0.850. The van der Waals surface area contributed by atoms with Crippen molar-refractivity contribution in [2.45, 2.75) is 32.4 Å². The smallest absolute Gasteiger partial charge is 0.0898 e. The van der Waals surface area contributed by atoms with Gasteiger partial charge >= 0.3 is 0 Å². The summed E-state index contributed by atoms with van der Waals surface area (Å²) in [6.45, 7) is 6.66. The number of rotatable bonds is 3. The summed E-state index contributed by atoms with van der Waals surface area (Å²) in [7, 11) is 2.05. The summed E-state index contributed by atoms with van der Waals surface area (Å²) in [6.07, 6.45) is 1.25. The van der Waals surface area contributed by atoms with Crippen LogP contribution in [0, 0.1) is 6.92 Å². The topological polar surface area (TPSA) is 28.2 Å². The minimum atomic E-state index is 0.466. The highest BCUT2D eigenvalue weighted by atomic mass is 32.1. The molecule has 1 aromatic rings. The zero-order valence-corrected chi connectivity index (χ0v) is 10.5. The maximum absolute atomic E-state index is 4.56. The van der Waals surface area contributed by atoms with Crippen molar-refractivity contribution in [1.82, 2.24) is 15.2 Å². The predicted octanol–water partition coefficient (Wildman–Crippen LogP) is 1.81. The number of hydrogen-bond donors (Lipinski definition) is 1. The Morgan fingerprint density at radius 1 is 1.67 bits per heavy atom. The van der Waals surface area contributed by atoms with E-state index in [1.54, 1.807) is 11.3 Å². The molecule has 4 heteroatoms. The van der Waals surface area contributed by atoms with Crippen LogP contribution in [-0.4, -0.2) is 36.1 Å². The van der Waals surface area contributed by atoms with Gasteiger partial charge in [-0.1, -0.05) is 0 Å². The van der Waals surface area contributed by atoms with Gasteiger partial charge in [0.15, 0.2) is 0 Å². The molecule has 2 unspecified atom stereocenters. The molecule has 1 N–H and O–H groups in total. The van der Waals surface area contributed by atoms with Gasteiger partial charge < -0.3 is 5.32 Å². The molecular formula is C11H19N3S. The van der Waals surface area contributed by atoms with Crippen LogP contribution in [0.25, 0.3) is 0 Å². The van der Waals surface area contributed by atoms with Crippen molar-refractivity contribution in [3.63, 3.8) is 0 Å². The lowest BCUT2D eigenvalue weighted by molar-refractivity contribution is 0.253. The lowest BCUT2D eigenvalue weighted by Gasteiger charge is -2.22. The largest absolute Gasteiger partial charge is 0.316 e. The highest BCUT2D eigenvalue weighted by molar-refractivity contribution is 7.09. The predicted molar refractivity (Wildman–Crippen MR) is 64.3 cm³/mol. The van der Waals surface area contributed by atoms with E-state index in [2.05, 4.69) is 34.4 Å². The van der Waals surface area contributed by atoms with E-state index < -0.39 is 0 Å². The van der Waals surface area contributed by atoms with Crippen molar-refractivity contribution < 1.29 is 0 Å². The fraction of sp³-hybridized carbons (Fsp3) is 0.727. The van der Waals surface area contributed by atoms with Crippen LogP contribution in [0.1, 0.15) is 30.1 Å². The average molecular weight is 225 g/mol. The second-order valence-corrected chi connectivity index (χ2v) is 5.30. The standard InChI is InChI=1S/C11H19N3S/c1-8(11-7-15-9(2)13-11)14-5-4-10(6-14)12-3/h7-8,10,12H,4-6H2,1-3H3. The Bertz CT molecular complexity index is 323. The second kappa shape index (κ2) is 4.60. The molecule has 3 nitrogen and oxygen atoms in total. The summed E-state index contributed by atoms with van der Waals surface area (Å²) in [6, 6.07) is 1.13. The molecule has 1 aliphatic heterocycles. The van der Waals surface area contributed by atoms with E-state index in [1.165, 1.54) is 23.7 Å². The molecule has 0 spiro atoms. The van der Waals surface area contributed by atoms with E-state index >= 15 is 0 Å². The first-order chi connectivity index (χ1) is 7.20. The molecule has 0 bridgehead atoms. The van der Waals surface area contributed by atoms with Crippen LogP contribution < -0.4 is 5.32 Å². The van der Waals surface area contributed by atoms with Crippen LogP contribution in [0.3, 0.4) is 0 Å². The number of aryl methyl sites for hydroxylation is 1. The Labute approximate surface area is 95.5 Å². The summed E-state index contributed by atoms with van der Waals surface area (Å²) in [5.41, 5.74) is 1.23. The third-order valence-corrected chi connectivity index (χ3v) is 4.03.